The van der Waals surface area contributed by atoms with Gasteiger partial charge in [0.1, 0.15) is 5.82 Å². The maximum absolute atomic E-state index is 11.8. The second-order valence-electron chi connectivity index (χ2n) is 7.48. The Bertz CT molecular complexity index is 592. The lowest BCUT2D eigenvalue weighted by molar-refractivity contribution is -0.125. The highest BCUT2D eigenvalue weighted by molar-refractivity contribution is 5.81. The van der Waals surface area contributed by atoms with Crippen LogP contribution in [-0.4, -0.2) is 36.6 Å². The summed E-state index contributed by atoms with van der Waals surface area (Å²) in [6, 6.07) is 3.65. The zero-order chi connectivity index (χ0) is 18.4. The van der Waals surface area contributed by atoms with E-state index in [1.165, 1.54) is 12.8 Å². The van der Waals surface area contributed by atoms with E-state index in [9.17, 15) is 9.59 Å². The van der Waals surface area contributed by atoms with E-state index < -0.39 is 11.3 Å². The van der Waals surface area contributed by atoms with Crippen LogP contribution in [0.4, 0.5) is 10.6 Å². The van der Waals surface area contributed by atoms with Crippen molar-refractivity contribution in [2.24, 2.45) is 17.1 Å². The Morgan fingerprint density at radius 1 is 1.28 bits per heavy atom. The van der Waals surface area contributed by atoms with Gasteiger partial charge in [-0.05, 0) is 44.2 Å². The summed E-state index contributed by atoms with van der Waals surface area (Å²) in [5.74, 6) is 1.33. The fourth-order valence-corrected chi connectivity index (χ4v) is 2.58. The predicted molar refractivity (Wildman–Crippen MR) is 98.1 cm³/mol. The zero-order valence-electron chi connectivity index (χ0n) is 15.3. The topological polar surface area (TPSA) is 100 Å². The van der Waals surface area contributed by atoms with E-state index in [2.05, 4.69) is 27.4 Å². The first-order valence-corrected chi connectivity index (χ1v) is 8.79. The largest absolute Gasteiger partial charge is 0.369 e. The van der Waals surface area contributed by atoms with Gasteiger partial charge >= 0.3 is 6.03 Å². The molecular formula is C18H29N5O2. The summed E-state index contributed by atoms with van der Waals surface area (Å²) in [5, 5.41) is 5.42. The van der Waals surface area contributed by atoms with Gasteiger partial charge in [-0.1, -0.05) is 13.0 Å². The number of anilines is 1. The third kappa shape index (κ3) is 5.62. The molecule has 4 N–H and O–H groups in total. The molecule has 1 aliphatic rings. The van der Waals surface area contributed by atoms with Crippen molar-refractivity contribution in [1.82, 2.24) is 15.6 Å². The van der Waals surface area contributed by atoms with Crippen LogP contribution < -0.4 is 21.3 Å². The molecule has 1 fully saturated rings. The molecule has 0 aliphatic carbocycles. The van der Waals surface area contributed by atoms with Crippen molar-refractivity contribution < 1.29 is 9.59 Å². The zero-order valence-corrected chi connectivity index (χ0v) is 15.3. The van der Waals surface area contributed by atoms with Gasteiger partial charge < -0.3 is 21.3 Å². The van der Waals surface area contributed by atoms with Crippen LogP contribution in [0, 0.1) is 11.3 Å². The van der Waals surface area contributed by atoms with Crippen molar-refractivity contribution in [2.45, 2.75) is 40.2 Å². The SMILES string of the molecule is CC1CCN(c2ccc(CNC(=O)NCC(C)(C)C(N)=O)cn2)CC1. The number of aromatic nitrogens is 1. The summed E-state index contributed by atoms with van der Waals surface area (Å²) in [5.41, 5.74) is 5.44. The molecule has 1 aliphatic heterocycles. The number of carbonyl (C=O) groups excluding carboxylic acids is 2. The average molecular weight is 347 g/mol. The molecule has 1 aromatic rings. The van der Waals surface area contributed by atoms with Gasteiger partial charge in [0.05, 0.1) is 5.41 Å². The molecule has 1 aromatic heterocycles. The van der Waals surface area contributed by atoms with Crippen LogP contribution in [0.3, 0.4) is 0 Å². The number of hydrogen-bond acceptors (Lipinski definition) is 4. The number of pyridine rings is 1. The lowest BCUT2D eigenvalue weighted by Crippen LogP contribution is -2.45. The number of rotatable bonds is 6. The highest BCUT2D eigenvalue weighted by Crippen LogP contribution is 2.21. The van der Waals surface area contributed by atoms with E-state index in [1.54, 1.807) is 20.0 Å². The first-order chi connectivity index (χ1) is 11.8. The molecule has 7 nitrogen and oxygen atoms in total. The van der Waals surface area contributed by atoms with Crippen molar-refractivity contribution in [3.63, 3.8) is 0 Å². The number of urea groups is 1. The number of amides is 3. The van der Waals surface area contributed by atoms with Crippen LogP contribution in [-0.2, 0) is 11.3 Å². The lowest BCUT2D eigenvalue weighted by atomic mass is 9.93. The summed E-state index contributed by atoms with van der Waals surface area (Å²) in [6.07, 6.45) is 4.20. The number of nitrogens with one attached hydrogen (secondary N) is 2. The molecule has 138 valence electrons. The second-order valence-corrected chi connectivity index (χ2v) is 7.48. The highest BCUT2D eigenvalue weighted by atomic mass is 16.2. The number of piperidine rings is 1. The van der Waals surface area contributed by atoms with Gasteiger partial charge in [-0.25, -0.2) is 9.78 Å². The molecule has 0 aromatic carbocycles. The van der Waals surface area contributed by atoms with Crippen molar-refractivity contribution in [1.29, 1.82) is 0 Å². The molecule has 0 unspecified atom stereocenters. The Hall–Kier alpha value is -2.31. The Balaban J connectivity index is 1.77. The Morgan fingerprint density at radius 3 is 2.52 bits per heavy atom. The first kappa shape index (κ1) is 19.0. The molecular weight excluding hydrogens is 318 g/mol. The van der Waals surface area contributed by atoms with E-state index >= 15 is 0 Å². The van der Waals surface area contributed by atoms with E-state index in [0.717, 1.165) is 30.4 Å². The summed E-state index contributed by atoms with van der Waals surface area (Å²) in [6.45, 7) is 8.34. The van der Waals surface area contributed by atoms with Gasteiger partial charge in [0.15, 0.2) is 0 Å². The number of nitrogens with two attached hydrogens (primary N) is 1. The van der Waals surface area contributed by atoms with E-state index in [1.807, 2.05) is 12.1 Å². The molecule has 0 bridgehead atoms. The minimum absolute atomic E-state index is 0.193. The van der Waals surface area contributed by atoms with E-state index in [0.29, 0.717) is 6.54 Å². The normalized spacial score (nSPS) is 15.7. The van der Waals surface area contributed by atoms with Crippen LogP contribution in [0.25, 0.3) is 0 Å². The molecule has 0 radical (unpaired) electrons. The minimum atomic E-state index is -0.771. The standard InChI is InChI=1S/C18H29N5O2/c1-13-6-8-23(9-7-13)15-5-4-14(10-20-15)11-21-17(25)22-12-18(2,3)16(19)24/h4-5,10,13H,6-9,11-12H2,1-3H3,(H2,19,24)(H2,21,22,25). The van der Waals surface area contributed by atoms with Crippen molar-refractivity contribution in [3.05, 3.63) is 23.9 Å². The highest BCUT2D eigenvalue weighted by Gasteiger charge is 2.25. The van der Waals surface area contributed by atoms with Crippen molar-refractivity contribution in [3.8, 4) is 0 Å². The molecule has 2 rings (SSSR count). The van der Waals surface area contributed by atoms with Crippen LogP contribution in [0.1, 0.15) is 39.2 Å². The molecule has 2 heterocycles. The maximum Gasteiger partial charge on any atom is 0.315 e. The van der Waals surface area contributed by atoms with Crippen LogP contribution in [0.2, 0.25) is 0 Å². The summed E-state index contributed by atoms with van der Waals surface area (Å²) >= 11 is 0. The summed E-state index contributed by atoms with van der Waals surface area (Å²) in [7, 11) is 0. The van der Waals surface area contributed by atoms with Gasteiger partial charge in [-0.2, -0.15) is 0 Å². The molecule has 7 heteroatoms. The van der Waals surface area contributed by atoms with Gasteiger partial charge in [0.25, 0.3) is 0 Å². The van der Waals surface area contributed by atoms with Gasteiger partial charge in [-0.3, -0.25) is 4.79 Å². The predicted octanol–water partition coefficient (Wildman–Crippen LogP) is 1.63. The Labute approximate surface area is 149 Å². The Kier molecular flexibility index (Phi) is 6.22. The smallest absolute Gasteiger partial charge is 0.315 e. The minimum Gasteiger partial charge on any atom is -0.369 e. The molecule has 0 atom stereocenters. The van der Waals surface area contributed by atoms with Crippen molar-refractivity contribution >= 4 is 17.8 Å². The van der Waals surface area contributed by atoms with E-state index in [4.69, 9.17) is 5.73 Å². The number of primary amides is 1. The van der Waals surface area contributed by atoms with Gasteiger partial charge in [-0.15, -0.1) is 0 Å². The third-order valence-corrected chi connectivity index (χ3v) is 4.73. The number of nitrogens with zero attached hydrogens (tertiary/aromatic N) is 2. The summed E-state index contributed by atoms with van der Waals surface area (Å²) < 4.78 is 0. The second kappa shape index (κ2) is 8.18. The average Bonchev–Trinajstić information content (AvgIpc) is 2.59. The number of carbonyl (C=O) groups is 2. The van der Waals surface area contributed by atoms with Crippen LogP contribution >= 0.6 is 0 Å². The summed E-state index contributed by atoms with van der Waals surface area (Å²) in [4.78, 5) is 29.9. The quantitative estimate of drug-likeness (QED) is 0.728. The first-order valence-electron chi connectivity index (χ1n) is 8.79. The van der Waals surface area contributed by atoms with Crippen LogP contribution in [0.15, 0.2) is 18.3 Å². The molecule has 1 saturated heterocycles. The van der Waals surface area contributed by atoms with Crippen molar-refractivity contribution in [2.75, 3.05) is 24.5 Å². The lowest BCUT2D eigenvalue weighted by Gasteiger charge is -2.31. The molecule has 25 heavy (non-hydrogen) atoms. The van der Waals surface area contributed by atoms with Gasteiger partial charge in [0.2, 0.25) is 5.91 Å². The van der Waals surface area contributed by atoms with E-state index in [-0.39, 0.29) is 12.6 Å². The fourth-order valence-electron chi connectivity index (χ4n) is 2.58. The molecule has 0 spiro atoms. The monoisotopic (exact) mass is 347 g/mol. The fraction of sp³-hybridized carbons (Fsp3) is 0.611. The maximum atomic E-state index is 11.8. The van der Waals surface area contributed by atoms with Crippen LogP contribution in [0.5, 0.6) is 0 Å². The Morgan fingerprint density at radius 2 is 1.96 bits per heavy atom. The van der Waals surface area contributed by atoms with Gasteiger partial charge in [0, 0.05) is 32.4 Å². The molecule has 0 saturated carbocycles. The number of hydrogen-bond donors (Lipinski definition) is 3. The molecule has 3 amide bonds. The third-order valence-electron chi connectivity index (χ3n) is 4.73.